The minimum Gasteiger partial charge on any atom is -0.402 e. The van der Waals surface area contributed by atoms with E-state index in [0.29, 0.717) is 5.92 Å². The third-order valence-electron chi connectivity index (χ3n) is 3.15. The van der Waals surface area contributed by atoms with Crippen molar-refractivity contribution in [3.8, 4) is 0 Å². The number of rotatable bonds is 6. The van der Waals surface area contributed by atoms with Gasteiger partial charge in [0.05, 0.1) is 0 Å². The SMILES string of the molecule is C=CC(C)(C)CC(C)C(CC)=C(N)CC. The first kappa shape index (κ1) is 14.3. The van der Waals surface area contributed by atoms with E-state index in [1.54, 1.807) is 0 Å². The van der Waals surface area contributed by atoms with Crippen LogP contribution in [0.2, 0.25) is 0 Å². The van der Waals surface area contributed by atoms with Crippen molar-refractivity contribution in [2.45, 2.75) is 53.9 Å². The van der Waals surface area contributed by atoms with E-state index in [9.17, 15) is 0 Å². The molecule has 0 bridgehead atoms. The Balaban J connectivity index is 4.69. The first-order valence-electron chi connectivity index (χ1n) is 5.98. The highest BCUT2D eigenvalue weighted by Gasteiger charge is 2.20. The van der Waals surface area contributed by atoms with Gasteiger partial charge in [-0.2, -0.15) is 0 Å². The van der Waals surface area contributed by atoms with Crippen LogP contribution in [-0.2, 0) is 0 Å². The maximum Gasteiger partial charge on any atom is 0.00722 e. The predicted octanol–water partition coefficient (Wildman–Crippen LogP) is 4.26. The molecule has 0 aromatic heterocycles. The molecule has 1 unspecified atom stereocenters. The monoisotopic (exact) mass is 209 g/mol. The van der Waals surface area contributed by atoms with Crippen LogP contribution in [0.1, 0.15) is 53.9 Å². The van der Waals surface area contributed by atoms with Crippen LogP contribution in [0.4, 0.5) is 0 Å². The molecule has 0 heterocycles. The maximum absolute atomic E-state index is 6.04. The van der Waals surface area contributed by atoms with E-state index in [1.165, 1.54) is 5.57 Å². The standard InChI is InChI=1S/C14H27N/c1-7-12(13(15)8-2)11(4)10-14(5,6)9-3/h9,11H,3,7-8,10,15H2,1-2,4-6H3. The van der Waals surface area contributed by atoms with Crippen LogP contribution in [0.3, 0.4) is 0 Å². The zero-order chi connectivity index (χ0) is 12.1. The fourth-order valence-corrected chi connectivity index (χ4v) is 2.11. The lowest BCUT2D eigenvalue weighted by Crippen LogP contribution is -2.16. The summed E-state index contributed by atoms with van der Waals surface area (Å²) < 4.78 is 0. The van der Waals surface area contributed by atoms with Gasteiger partial charge in [-0.3, -0.25) is 0 Å². The highest BCUT2D eigenvalue weighted by Crippen LogP contribution is 2.32. The van der Waals surface area contributed by atoms with Crippen LogP contribution < -0.4 is 5.73 Å². The summed E-state index contributed by atoms with van der Waals surface area (Å²) in [4.78, 5) is 0. The summed E-state index contributed by atoms with van der Waals surface area (Å²) >= 11 is 0. The Morgan fingerprint density at radius 2 is 1.87 bits per heavy atom. The molecule has 1 heteroatoms. The lowest BCUT2D eigenvalue weighted by molar-refractivity contribution is 0.372. The van der Waals surface area contributed by atoms with E-state index < -0.39 is 0 Å². The number of hydrogen-bond donors (Lipinski definition) is 1. The zero-order valence-electron chi connectivity index (χ0n) is 11.1. The van der Waals surface area contributed by atoms with Gasteiger partial charge in [0.2, 0.25) is 0 Å². The first-order chi connectivity index (χ1) is 6.87. The molecule has 0 amide bonds. The van der Waals surface area contributed by atoms with Gasteiger partial charge < -0.3 is 5.73 Å². The molecule has 88 valence electrons. The van der Waals surface area contributed by atoms with E-state index >= 15 is 0 Å². The summed E-state index contributed by atoms with van der Waals surface area (Å²) in [6.45, 7) is 14.9. The molecule has 0 saturated heterocycles. The quantitative estimate of drug-likeness (QED) is 0.650. The minimum atomic E-state index is 0.202. The topological polar surface area (TPSA) is 26.0 Å². The lowest BCUT2D eigenvalue weighted by atomic mass is 9.79. The van der Waals surface area contributed by atoms with Crippen molar-refractivity contribution in [1.29, 1.82) is 0 Å². The van der Waals surface area contributed by atoms with Crippen molar-refractivity contribution in [2.75, 3.05) is 0 Å². The molecule has 0 aromatic rings. The van der Waals surface area contributed by atoms with Crippen molar-refractivity contribution < 1.29 is 0 Å². The van der Waals surface area contributed by atoms with Crippen LogP contribution >= 0.6 is 0 Å². The second-order valence-electron chi connectivity index (χ2n) is 5.06. The summed E-state index contributed by atoms with van der Waals surface area (Å²) in [7, 11) is 0. The Hall–Kier alpha value is -0.720. The molecule has 0 aliphatic carbocycles. The van der Waals surface area contributed by atoms with Crippen LogP contribution in [0.5, 0.6) is 0 Å². The average molecular weight is 209 g/mol. The van der Waals surface area contributed by atoms with Crippen molar-refractivity contribution in [3.63, 3.8) is 0 Å². The molecule has 2 N–H and O–H groups in total. The molecule has 0 rings (SSSR count). The molecule has 0 spiro atoms. The van der Waals surface area contributed by atoms with Gasteiger partial charge in [0.25, 0.3) is 0 Å². The van der Waals surface area contributed by atoms with Crippen molar-refractivity contribution >= 4 is 0 Å². The Morgan fingerprint density at radius 1 is 1.33 bits per heavy atom. The molecule has 0 aliphatic rings. The first-order valence-corrected chi connectivity index (χ1v) is 5.98. The van der Waals surface area contributed by atoms with Gasteiger partial charge in [-0.1, -0.05) is 40.7 Å². The third-order valence-corrected chi connectivity index (χ3v) is 3.15. The van der Waals surface area contributed by atoms with Gasteiger partial charge in [-0.25, -0.2) is 0 Å². The molecular formula is C14H27N. The normalized spacial score (nSPS) is 15.8. The largest absolute Gasteiger partial charge is 0.402 e. The lowest BCUT2D eigenvalue weighted by Gasteiger charge is -2.26. The molecule has 1 atom stereocenters. The van der Waals surface area contributed by atoms with Crippen molar-refractivity contribution in [2.24, 2.45) is 17.1 Å². The second-order valence-corrected chi connectivity index (χ2v) is 5.06. The van der Waals surface area contributed by atoms with E-state index in [4.69, 9.17) is 5.73 Å². The third kappa shape index (κ3) is 4.55. The van der Waals surface area contributed by atoms with E-state index in [1.807, 2.05) is 6.08 Å². The van der Waals surface area contributed by atoms with Crippen LogP contribution in [0, 0.1) is 11.3 Å². The predicted molar refractivity (Wildman–Crippen MR) is 69.6 cm³/mol. The number of allylic oxidation sites excluding steroid dienone is 3. The van der Waals surface area contributed by atoms with Crippen molar-refractivity contribution in [3.05, 3.63) is 23.9 Å². The number of hydrogen-bond acceptors (Lipinski definition) is 1. The van der Waals surface area contributed by atoms with Crippen molar-refractivity contribution in [1.82, 2.24) is 0 Å². The highest BCUT2D eigenvalue weighted by atomic mass is 14.6. The molecule has 15 heavy (non-hydrogen) atoms. The van der Waals surface area contributed by atoms with E-state index in [-0.39, 0.29) is 5.41 Å². The van der Waals surface area contributed by atoms with E-state index in [2.05, 4.69) is 41.2 Å². The van der Waals surface area contributed by atoms with Gasteiger partial charge >= 0.3 is 0 Å². The van der Waals surface area contributed by atoms with Crippen LogP contribution in [0.25, 0.3) is 0 Å². The zero-order valence-corrected chi connectivity index (χ0v) is 11.1. The Bertz CT molecular complexity index is 236. The molecule has 0 aromatic carbocycles. The summed E-state index contributed by atoms with van der Waals surface area (Å²) in [5.74, 6) is 0.558. The number of nitrogens with two attached hydrogens (primary N) is 1. The molecule has 0 saturated carbocycles. The average Bonchev–Trinajstić information content (AvgIpc) is 2.17. The Labute approximate surface area is 95.4 Å². The summed E-state index contributed by atoms with van der Waals surface area (Å²) in [5.41, 5.74) is 8.74. The molecule has 1 nitrogen and oxygen atoms in total. The smallest absolute Gasteiger partial charge is 0.00722 e. The van der Waals surface area contributed by atoms with Crippen LogP contribution in [0.15, 0.2) is 23.9 Å². The molecule has 0 fully saturated rings. The van der Waals surface area contributed by atoms with E-state index in [0.717, 1.165) is 25.0 Å². The summed E-state index contributed by atoms with van der Waals surface area (Å²) in [6.07, 6.45) is 5.19. The van der Waals surface area contributed by atoms with Gasteiger partial charge in [-0.05, 0) is 36.2 Å². The molecule has 0 aliphatic heterocycles. The summed E-state index contributed by atoms with van der Waals surface area (Å²) in [5, 5.41) is 0. The molecule has 0 radical (unpaired) electrons. The van der Waals surface area contributed by atoms with Gasteiger partial charge in [0.1, 0.15) is 0 Å². The molecular weight excluding hydrogens is 182 g/mol. The van der Waals surface area contributed by atoms with Gasteiger partial charge in [-0.15, -0.1) is 6.58 Å². The van der Waals surface area contributed by atoms with Gasteiger partial charge in [0, 0.05) is 5.70 Å². The summed E-state index contributed by atoms with van der Waals surface area (Å²) in [6, 6.07) is 0. The second kappa shape index (κ2) is 5.99. The fraction of sp³-hybridized carbons (Fsp3) is 0.714. The minimum absolute atomic E-state index is 0.202. The Morgan fingerprint density at radius 3 is 2.20 bits per heavy atom. The fourth-order valence-electron chi connectivity index (χ4n) is 2.11. The maximum atomic E-state index is 6.04. The Kier molecular flexibility index (Phi) is 5.71. The highest BCUT2D eigenvalue weighted by molar-refractivity contribution is 5.14. The van der Waals surface area contributed by atoms with Gasteiger partial charge in [0.15, 0.2) is 0 Å². The van der Waals surface area contributed by atoms with Crippen LogP contribution in [-0.4, -0.2) is 0 Å².